The Balaban J connectivity index is 0. The van der Waals surface area contributed by atoms with Crippen molar-refractivity contribution in [1.29, 1.82) is 0 Å². The lowest BCUT2D eigenvalue weighted by Crippen LogP contribution is -2.20. The molecule has 15 heavy (non-hydrogen) atoms. The van der Waals surface area contributed by atoms with Crippen LogP contribution in [-0.2, 0) is 4.79 Å². The summed E-state index contributed by atoms with van der Waals surface area (Å²) in [6, 6.07) is 0. The molecule has 4 nitrogen and oxygen atoms in total. The average molecular weight is 256 g/mol. The van der Waals surface area contributed by atoms with Crippen molar-refractivity contribution in [3.63, 3.8) is 0 Å². The maximum absolute atomic E-state index is 9.87. The van der Waals surface area contributed by atoms with Crippen LogP contribution in [0.4, 0.5) is 0 Å². The zero-order chi connectivity index (χ0) is 12.5. The molecule has 0 amide bonds. The Morgan fingerprint density at radius 1 is 1.33 bits per heavy atom. The van der Waals surface area contributed by atoms with E-state index < -0.39 is 16.3 Å². The monoisotopic (exact) mass is 256 g/mol. The molecular formula is C9H20O4S2. The molecule has 0 bridgehead atoms. The third kappa shape index (κ3) is 16.7. The Morgan fingerprint density at radius 3 is 1.93 bits per heavy atom. The van der Waals surface area contributed by atoms with E-state index in [1.54, 1.807) is 0 Å². The van der Waals surface area contributed by atoms with Crippen molar-refractivity contribution in [2.24, 2.45) is 0 Å². The minimum Gasteiger partial charge on any atom is -0.480 e. The first-order chi connectivity index (χ1) is 6.71. The number of aliphatic hydroxyl groups is 2. The molecule has 0 saturated carbocycles. The van der Waals surface area contributed by atoms with Crippen molar-refractivity contribution in [2.45, 2.75) is 49.9 Å². The summed E-state index contributed by atoms with van der Waals surface area (Å²) in [7, 11) is 0. The Morgan fingerprint density at radius 2 is 1.73 bits per heavy atom. The van der Waals surface area contributed by atoms with E-state index in [2.05, 4.69) is 32.2 Å². The van der Waals surface area contributed by atoms with E-state index >= 15 is 0 Å². The van der Waals surface area contributed by atoms with Crippen LogP contribution in [0.25, 0.3) is 0 Å². The lowest BCUT2D eigenvalue weighted by molar-refractivity contribution is -0.136. The molecule has 0 rings (SSSR count). The highest BCUT2D eigenvalue weighted by atomic mass is 32.2. The smallest absolute Gasteiger partial charge is 0.329 e. The van der Waals surface area contributed by atoms with Crippen LogP contribution in [0.2, 0.25) is 0 Å². The van der Waals surface area contributed by atoms with Crippen molar-refractivity contribution in [1.82, 2.24) is 0 Å². The Labute approximate surface area is 102 Å². The summed E-state index contributed by atoms with van der Waals surface area (Å²) in [4.78, 5) is 9.87. The summed E-state index contributed by atoms with van der Waals surface area (Å²) in [6.07, 6.45) is 2.58. The number of hydrogen-bond acceptors (Lipinski definition) is 5. The second-order valence-electron chi connectivity index (χ2n) is 3.30. The van der Waals surface area contributed by atoms with Crippen LogP contribution < -0.4 is 0 Å². The summed E-state index contributed by atoms with van der Waals surface area (Å²) < 4.78 is -1.19. The van der Waals surface area contributed by atoms with Crippen LogP contribution in [0.15, 0.2) is 0 Å². The Hall–Kier alpha value is 0.0900. The van der Waals surface area contributed by atoms with Gasteiger partial charge in [-0.25, -0.2) is 4.79 Å². The van der Waals surface area contributed by atoms with E-state index in [4.69, 9.17) is 15.3 Å². The van der Waals surface area contributed by atoms with Gasteiger partial charge in [0.05, 0.1) is 0 Å². The number of aliphatic hydroxyl groups excluding tert-OH is 1. The number of unbranched alkanes of at least 4 members (excludes halogenated alkanes) is 2. The van der Waals surface area contributed by atoms with E-state index in [-0.39, 0.29) is 0 Å². The molecule has 0 aliphatic rings. The van der Waals surface area contributed by atoms with Crippen molar-refractivity contribution in [3.8, 4) is 0 Å². The molecule has 0 fully saturated rings. The van der Waals surface area contributed by atoms with E-state index in [9.17, 15) is 4.79 Å². The van der Waals surface area contributed by atoms with Crippen LogP contribution in [0.3, 0.4) is 0 Å². The molecule has 0 atom stereocenters. The van der Waals surface area contributed by atoms with Gasteiger partial charge in [-0.3, -0.25) is 0 Å². The summed E-state index contributed by atoms with van der Waals surface area (Å²) in [5.74, 6) is -1.03. The first kappa shape index (κ1) is 17.5. The fourth-order valence-electron chi connectivity index (χ4n) is 0.577. The molecule has 6 heteroatoms. The quantitative estimate of drug-likeness (QED) is 0.294. The van der Waals surface area contributed by atoms with Crippen molar-refractivity contribution < 1.29 is 20.1 Å². The first-order valence-corrected chi connectivity index (χ1v) is 5.65. The molecule has 0 aromatic heterocycles. The fraction of sp³-hybridized carbons (Fsp3) is 0.889. The third-order valence-corrected chi connectivity index (χ3v) is 1.85. The highest BCUT2D eigenvalue weighted by Crippen LogP contribution is 2.16. The second kappa shape index (κ2) is 9.33. The van der Waals surface area contributed by atoms with E-state index in [1.807, 2.05) is 0 Å². The van der Waals surface area contributed by atoms with E-state index in [0.29, 0.717) is 6.42 Å². The number of aliphatic carboxylic acids is 1. The number of hydrogen-bond donors (Lipinski definition) is 5. The predicted molar refractivity (Wildman–Crippen MR) is 66.4 cm³/mol. The van der Waals surface area contributed by atoms with Gasteiger partial charge in [-0.1, -0.05) is 19.8 Å². The zero-order valence-corrected chi connectivity index (χ0v) is 10.8. The number of carboxylic acid groups (broad SMARTS) is 1. The van der Waals surface area contributed by atoms with Crippen molar-refractivity contribution in [2.75, 3.05) is 0 Å². The largest absolute Gasteiger partial charge is 0.480 e. The van der Waals surface area contributed by atoms with Crippen LogP contribution >= 0.6 is 25.3 Å². The zero-order valence-electron chi connectivity index (χ0n) is 9.05. The van der Waals surface area contributed by atoms with Gasteiger partial charge >= 0.3 is 5.97 Å². The lowest BCUT2D eigenvalue weighted by Gasteiger charge is -2.06. The standard InChI is InChI=1S/C6H14O2.C3H6O2S2/c1-2-3-4-5-6(7)8;1-3(6,7)2(4)5/h6-8H,2-5H2,1H3;6-7H,1H3,(H,4,5). The minimum atomic E-state index is -1.19. The van der Waals surface area contributed by atoms with Gasteiger partial charge in [0.15, 0.2) is 6.29 Å². The van der Waals surface area contributed by atoms with Gasteiger partial charge in [-0.15, -0.1) is 0 Å². The summed E-state index contributed by atoms with van der Waals surface area (Å²) in [5.41, 5.74) is 0. The van der Waals surface area contributed by atoms with E-state index in [0.717, 1.165) is 19.3 Å². The normalized spacial score (nSPS) is 10.9. The molecule has 0 radical (unpaired) electrons. The number of carbonyl (C=O) groups is 1. The molecule has 0 saturated heterocycles. The van der Waals surface area contributed by atoms with Crippen molar-refractivity contribution in [3.05, 3.63) is 0 Å². The van der Waals surface area contributed by atoms with Gasteiger partial charge in [0.2, 0.25) is 0 Å². The summed E-state index contributed by atoms with van der Waals surface area (Å²) in [5, 5.41) is 24.8. The fourth-order valence-corrected chi connectivity index (χ4v) is 0.577. The lowest BCUT2D eigenvalue weighted by atomic mass is 10.2. The molecule has 0 aromatic carbocycles. The minimum absolute atomic E-state index is 0.522. The molecule has 3 N–H and O–H groups in total. The van der Waals surface area contributed by atoms with Gasteiger partial charge < -0.3 is 15.3 Å². The second-order valence-corrected chi connectivity index (χ2v) is 5.44. The van der Waals surface area contributed by atoms with E-state index in [1.165, 1.54) is 6.92 Å². The van der Waals surface area contributed by atoms with Crippen LogP contribution in [0.5, 0.6) is 0 Å². The average Bonchev–Trinajstić information content (AvgIpc) is 2.03. The highest BCUT2D eigenvalue weighted by molar-refractivity contribution is 8.01. The van der Waals surface area contributed by atoms with Gasteiger partial charge in [-0.2, -0.15) is 25.3 Å². The predicted octanol–water partition coefficient (Wildman–Crippen LogP) is 1.52. The number of rotatable bonds is 5. The maximum atomic E-state index is 9.87. The van der Waals surface area contributed by atoms with Crippen LogP contribution in [-0.4, -0.2) is 31.7 Å². The van der Waals surface area contributed by atoms with Gasteiger partial charge in [-0.05, 0) is 19.8 Å². The molecule has 0 aromatic rings. The van der Waals surface area contributed by atoms with Crippen LogP contribution in [0.1, 0.15) is 39.5 Å². The Kier molecular flexibility index (Phi) is 10.9. The Bertz CT molecular complexity index is 166. The number of thiol groups is 2. The highest BCUT2D eigenvalue weighted by Gasteiger charge is 2.21. The van der Waals surface area contributed by atoms with Crippen molar-refractivity contribution >= 4 is 31.2 Å². The third-order valence-electron chi connectivity index (χ3n) is 1.47. The van der Waals surface area contributed by atoms with Crippen LogP contribution in [0, 0.1) is 0 Å². The summed E-state index contributed by atoms with van der Waals surface area (Å²) in [6.45, 7) is 3.48. The molecular weight excluding hydrogens is 236 g/mol. The van der Waals surface area contributed by atoms with Gasteiger partial charge in [0.1, 0.15) is 4.08 Å². The van der Waals surface area contributed by atoms with Gasteiger partial charge in [0, 0.05) is 0 Å². The molecule has 0 spiro atoms. The summed E-state index contributed by atoms with van der Waals surface area (Å²) >= 11 is 7.23. The molecule has 0 unspecified atom stereocenters. The topological polar surface area (TPSA) is 77.8 Å². The molecule has 0 heterocycles. The van der Waals surface area contributed by atoms with Gasteiger partial charge in [0.25, 0.3) is 0 Å². The molecule has 92 valence electrons. The molecule has 0 aliphatic carbocycles. The first-order valence-electron chi connectivity index (χ1n) is 4.76. The maximum Gasteiger partial charge on any atom is 0.329 e. The SMILES string of the molecule is CC(S)(S)C(=O)O.CCCCCC(O)O. The number of carboxylic acids is 1. The molecule has 0 aliphatic heterocycles.